The minimum atomic E-state index is 0.963. The second-order valence-electron chi connectivity index (χ2n) is 2.76. The first-order chi connectivity index (χ1) is 5.50. The first-order valence-electron chi connectivity index (χ1n) is 4.37. The summed E-state index contributed by atoms with van der Waals surface area (Å²) < 4.78 is 0. The molecule has 0 aliphatic heterocycles. The highest BCUT2D eigenvalue weighted by Gasteiger charge is 1.83. The van der Waals surface area contributed by atoms with Crippen LogP contribution in [0.25, 0.3) is 0 Å². The summed E-state index contributed by atoms with van der Waals surface area (Å²) in [6.45, 7) is 0. The third-order valence-corrected chi connectivity index (χ3v) is 1.74. The maximum Gasteiger partial charge on any atom is -0.00946 e. The molecule has 0 atom stereocenters. The summed E-state index contributed by atoms with van der Waals surface area (Å²) in [7, 11) is 0. The summed E-state index contributed by atoms with van der Waals surface area (Å²) in [6.07, 6.45) is 20.0. The van der Waals surface area contributed by atoms with Gasteiger partial charge in [0, 0.05) is 0 Å². The van der Waals surface area contributed by atoms with E-state index in [0.29, 0.717) is 0 Å². The predicted molar refractivity (Wildman–Crippen MR) is 49.2 cm³/mol. The van der Waals surface area contributed by atoms with Crippen molar-refractivity contribution in [3.8, 4) is 0 Å². The van der Waals surface area contributed by atoms with Crippen molar-refractivity contribution in [3.05, 3.63) is 36.5 Å². The average Bonchev–Trinajstić information content (AvgIpc) is 2.08. The molecule has 0 nitrogen and oxygen atoms in total. The van der Waals surface area contributed by atoms with Gasteiger partial charge < -0.3 is 0 Å². The quantitative estimate of drug-likeness (QED) is 0.460. The van der Waals surface area contributed by atoms with Crippen molar-refractivity contribution < 1.29 is 0 Å². The summed E-state index contributed by atoms with van der Waals surface area (Å²) in [5.41, 5.74) is 0. The fraction of sp³-hybridized carbons (Fsp3) is 0.455. The van der Waals surface area contributed by atoms with E-state index in [1.165, 1.54) is 25.7 Å². The van der Waals surface area contributed by atoms with Crippen molar-refractivity contribution in [1.82, 2.24) is 0 Å². The Morgan fingerprint density at radius 1 is 0.909 bits per heavy atom. The van der Waals surface area contributed by atoms with E-state index >= 15 is 0 Å². The average molecular weight is 147 g/mol. The van der Waals surface area contributed by atoms with Crippen LogP contribution in [0.5, 0.6) is 0 Å². The Morgan fingerprint density at radius 3 is 2.64 bits per heavy atom. The molecule has 1 aliphatic rings. The normalized spacial score (nSPS) is 19.6. The molecule has 0 bridgehead atoms. The van der Waals surface area contributed by atoms with Crippen LogP contribution in [0.2, 0.25) is 0 Å². The zero-order valence-electron chi connectivity index (χ0n) is 6.92. The van der Waals surface area contributed by atoms with E-state index in [1.807, 2.05) is 6.08 Å². The molecule has 0 N–H and O–H groups in total. The van der Waals surface area contributed by atoms with E-state index < -0.39 is 0 Å². The Balaban J connectivity index is 2.35. The number of hydrogen-bond acceptors (Lipinski definition) is 0. The lowest BCUT2D eigenvalue weighted by molar-refractivity contribution is 0.761. The summed E-state index contributed by atoms with van der Waals surface area (Å²) in [5, 5.41) is 0. The molecule has 0 aromatic rings. The Labute approximate surface area is 69.3 Å². The lowest BCUT2D eigenvalue weighted by Crippen LogP contribution is -1.71. The minimum absolute atomic E-state index is 0.963. The van der Waals surface area contributed by atoms with Gasteiger partial charge >= 0.3 is 0 Å². The Bertz CT molecular complexity index is 161. The first-order valence-corrected chi connectivity index (χ1v) is 4.37. The van der Waals surface area contributed by atoms with Gasteiger partial charge in [0.25, 0.3) is 0 Å². The molecule has 11 heavy (non-hydrogen) atoms. The molecule has 0 fully saturated rings. The van der Waals surface area contributed by atoms with Crippen LogP contribution < -0.4 is 0 Å². The molecule has 0 aromatic carbocycles. The maximum atomic E-state index is 3.18. The van der Waals surface area contributed by atoms with Gasteiger partial charge in [0.05, 0.1) is 0 Å². The Hall–Kier alpha value is -0.780. The Morgan fingerprint density at radius 2 is 1.73 bits per heavy atom. The topological polar surface area (TPSA) is 0 Å². The highest BCUT2D eigenvalue weighted by molar-refractivity contribution is 5.01. The third-order valence-electron chi connectivity index (χ3n) is 1.74. The van der Waals surface area contributed by atoms with Crippen LogP contribution in [0.1, 0.15) is 32.1 Å². The summed E-state index contributed by atoms with van der Waals surface area (Å²) in [4.78, 5) is 0. The molecule has 0 heteroatoms. The van der Waals surface area contributed by atoms with Gasteiger partial charge in [0.15, 0.2) is 0 Å². The van der Waals surface area contributed by atoms with E-state index in [2.05, 4.69) is 30.4 Å². The Kier molecular flexibility index (Phi) is 4.51. The zero-order chi connectivity index (χ0) is 7.78. The van der Waals surface area contributed by atoms with E-state index in [0.717, 1.165) is 6.42 Å². The van der Waals surface area contributed by atoms with Gasteiger partial charge in [-0.3, -0.25) is 0 Å². The van der Waals surface area contributed by atoms with Crippen molar-refractivity contribution in [2.75, 3.05) is 0 Å². The van der Waals surface area contributed by atoms with Gasteiger partial charge in [-0.25, -0.2) is 0 Å². The minimum Gasteiger partial charge on any atom is -0.0882 e. The van der Waals surface area contributed by atoms with Crippen LogP contribution in [-0.4, -0.2) is 0 Å². The van der Waals surface area contributed by atoms with Crippen LogP contribution in [0.3, 0.4) is 0 Å². The van der Waals surface area contributed by atoms with E-state index in [1.54, 1.807) is 0 Å². The van der Waals surface area contributed by atoms with E-state index in [-0.39, 0.29) is 0 Å². The summed E-state index contributed by atoms with van der Waals surface area (Å²) in [6, 6.07) is 0. The zero-order valence-corrected chi connectivity index (χ0v) is 6.92. The second kappa shape index (κ2) is 5.96. The molecule has 0 saturated carbocycles. The summed E-state index contributed by atoms with van der Waals surface area (Å²) in [5.74, 6) is 0. The molecule has 0 unspecified atom stereocenters. The highest BCUT2D eigenvalue weighted by Crippen LogP contribution is 2.03. The SMILES string of the molecule is [C]1=CC=CCCCCC=CC1. The van der Waals surface area contributed by atoms with Crippen LogP contribution in [-0.2, 0) is 0 Å². The second-order valence-corrected chi connectivity index (χ2v) is 2.76. The van der Waals surface area contributed by atoms with Crippen molar-refractivity contribution in [3.63, 3.8) is 0 Å². The molecule has 0 aromatic heterocycles. The number of rotatable bonds is 0. The van der Waals surface area contributed by atoms with Crippen molar-refractivity contribution in [2.45, 2.75) is 32.1 Å². The lowest BCUT2D eigenvalue weighted by atomic mass is 10.2. The van der Waals surface area contributed by atoms with Crippen molar-refractivity contribution >= 4 is 0 Å². The van der Waals surface area contributed by atoms with Crippen LogP contribution in [0.15, 0.2) is 30.4 Å². The molecule has 59 valence electrons. The van der Waals surface area contributed by atoms with Gasteiger partial charge in [-0.1, -0.05) is 30.4 Å². The number of hydrogen-bond donors (Lipinski definition) is 0. The molecule has 1 aliphatic carbocycles. The van der Waals surface area contributed by atoms with Crippen LogP contribution >= 0.6 is 0 Å². The molecule has 1 radical (unpaired) electrons. The standard InChI is InChI=1S/C11H15/c1-2-4-6-8-10-11-9-7-5-3-1/h1-3,9,11H,4,6-8,10H2. The summed E-state index contributed by atoms with van der Waals surface area (Å²) >= 11 is 0. The van der Waals surface area contributed by atoms with Gasteiger partial charge in [0.1, 0.15) is 0 Å². The fourth-order valence-corrected chi connectivity index (χ4v) is 1.09. The van der Waals surface area contributed by atoms with E-state index in [9.17, 15) is 0 Å². The third kappa shape index (κ3) is 4.60. The van der Waals surface area contributed by atoms with Gasteiger partial charge in [-0.15, -0.1) is 0 Å². The molecular formula is C11H15. The largest absolute Gasteiger partial charge is 0.0882 e. The maximum absolute atomic E-state index is 3.18. The molecule has 1 rings (SSSR count). The van der Waals surface area contributed by atoms with Gasteiger partial charge in [0.2, 0.25) is 0 Å². The van der Waals surface area contributed by atoms with Crippen LogP contribution in [0, 0.1) is 6.08 Å². The molecule has 0 spiro atoms. The monoisotopic (exact) mass is 147 g/mol. The lowest BCUT2D eigenvalue weighted by Gasteiger charge is -1.90. The first kappa shape index (κ1) is 8.32. The molecule has 0 heterocycles. The van der Waals surface area contributed by atoms with E-state index in [4.69, 9.17) is 0 Å². The van der Waals surface area contributed by atoms with Crippen LogP contribution in [0.4, 0.5) is 0 Å². The van der Waals surface area contributed by atoms with Crippen molar-refractivity contribution in [2.24, 2.45) is 0 Å². The number of allylic oxidation sites excluding steroid dienone is 6. The van der Waals surface area contributed by atoms with Crippen molar-refractivity contribution in [1.29, 1.82) is 0 Å². The van der Waals surface area contributed by atoms with Gasteiger partial charge in [-0.05, 0) is 38.2 Å². The molecule has 0 amide bonds. The molecule has 0 saturated heterocycles. The highest BCUT2D eigenvalue weighted by atomic mass is 13.9. The predicted octanol–water partition coefficient (Wildman–Crippen LogP) is 3.42. The smallest absolute Gasteiger partial charge is 0.00946 e. The molecular weight excluding hydrogens is 132 g/mol. The van der Waals surface area contributed by atoms with Gasteiger partial charge in [-0.2, -0.15) is 0 Å². The fourth-order valence-electron chi connectivity index (χ4n) is 1.09.